The van der Waals surface area contributed by atoms with Gasteiger partial charge in [-0.1, -0.05) is 202 Å². The first-order chi connectivity index (χ1) is 29.5. The second-order valence-corrected chi connectivity index (χ2v) is 16.9. The quantitative estimate of drug-likeness (QED) is 0.145. The van der Waals surface area contributed by atoms with Crippen LogP contribution in [-0.2, 0) is 11.8 Å². The molecule has 1 aliphatic carbocycles. The summed E-state index contributed by atoms with van der Waals surface area (Å²) in [5.41, 5.74) is 20.5. The standard InChI is InChI=1S/C59H45N/c1-59(2)54-38-40(37-53(45-30-26-43(27-31-45)41-15-6-3-7-16-41)46-32-28-44(29-33-46)42-17-8-4-9-18-42)25-35-50(54)51-36-34-47(39-55(51)59)49-22-14-24-57-58(49)52-21-12-13-23-56(52)60(57)48-19-10-5-11-20-48/h3-36,38-39,53H,37H2,1-2H3. The zero-order valence-corrected chi connectivity index (χ0v) is 34.0. The molecule has 1 nitrogen and oxygen atoms in total. The summed E-state index contributed by atoms with van der Waals surface area (Å²) in [5, 5.41) is 2.57. The molecule has 0 fully saturated rings. The van der Waals surface area contributed by atoms with Gasteiger partial charge in [0.2, 0.25) is 0 Å². The number of benzene rings is 9. The lowest BCUT2D eigenvalue weighted by Gasteiger charge is -2.24. The van der Waals surface area contributed by atoms with Crippen molar-refractivity contribution in [2.45, 2.75) is 31.6 Å². The lowest BCUT2D eigenvalue weighted by atomic mass is 9.79. The molecule has 1 heterocycles. The van der Waals surface area contributed by atoms with E-state index in [9.17, 15) is 0 Å². The molecule has 1 aliphatic rings. The maximum absolute atomic E-state index is 2.51. The molecule has 0 spiro atoms. The Morgan fingerprint density at radius 3 is 1.53 bits per heavy atom. The van der Waals surface area contributed by atoms with Crippen molar-refractivity contribution in [1.82, 2.24) is 4.57 Å². The van der Waals surface area contributed by atoms with Crippen LogP contribution in [0, 0.1) is 0 Å². The molecule has 1 aromatic heterocycles. The van der Waals surface area contributed by atoms with Crippen LogP contribution < -0.4 is 0 Å². The van der Waals surface area contributed by atoms with Crippen molar-refractivity contribution >= 4 is 21.8 Å². The Morgan fingerprint density at radius 2 is 0.900 bits per heavy atom. The van der Waals surface area contributed by atoms with E-state index in [4.69, 9.17) is 0 Å². The minimum absolute atomic E-state index is 0.160. The summed E-state index contributed by atoms with van der Waals surface area (Å²) in [5.74, 6) is 0.203. The van der Waals surface area contributed by atoms with Gasteiger partial charge in [-0.25, -0.2) is 0 Å². The highest BCUT2D eigenvalue weighted by atomic mass is 15.0. The van der Waals surface area contributed by atoms with Crippen molar-refractivity contribution in [2.24, 2.45) is 0 Å². The summed E-state index contributed by atoms with van der Waals surface area (Å²) < 4.78 is 2.41. The molecule has 0 N–H and O–H groups in total. The molecule has 0 unspecified atom stereocenters. The molecular formula is C59H45N. The third-order valence-corrected chi connectivity index (χ3v) is 13.0. The molecule has 0 aliphatic heterocycles. The van der Waals surface area contributed by atoms with Crippen LogP contribution in [0.5, 0.6) is 0 Å². The molecule has 1 heteroatoms. The minimum Gasteiger partial charge on any atom is -0.309 e. The maximum atomic E-state index is 2.51. The van der Waals surface area contributed by atoms with E-state index in [1.54, 1.807) is 0 Å². The Balaban J connectivity index is 0.962. The highest BCUT2D eigenvalue weighted by molar-refractivity contribution is 6.15. The Hall–Kier alpha value is -7.22. The molecule has 0 amide bonds. The van der Waals surface area contributed by atoms with Crippen LogP contribution in [0.25, 0.3) is 72.0 Å². The Bertz CT molecular complexity index is 3070. The molecule has 0 saturated carbocycles. The van der Waals surface area contributed by atoms with E-state index in [0.717, 1.165) is 6.42 Å². The van der Waals surface area contributed by atoms with Gasteiger partial charge in [0.25, 0.3) is 0 Å². The van der Waals surface area contributed by atoms with E-state index in [0.29, 0.717) is 0 Å². The van der Waals surface area contributed by atoms with E-state index in [1.165, 1.54) is 99.8 Å². The van der Waals surface area contributed by atoms with Gasteiger partial charge in [-0.3, -0.25) is 0 Å². The van der Waals surface area contributed by atoms with Gasteiger partial charge < -0.3 is 4.57 Å². The monoisotopic (exact) mass is 767 g/mol. The number of rotatable bonds is 8. The largest absolute Gasteiger partial charge is 0.309 e. The molecule has 0 atom stereocenters. The first-order valence-corrected chi connectivity index (χ1v) is 21.2. The fraction of sp³-hybridized carbons (Fsp3) is 0.0847. The van der Waals surface area contributed by atoms with E-state index >= 15 is 0 Å². The van der Waals surface area contributed by atoms with Crippen LogP contribution in [0.15, 0.2) is 218 Å². The summed E-state index contributed by atoms with van der Waals surface area (Å²) in [6.45, 7) is 4.82. The highest BCUT2D eigenvalue weighted by Gasteiger charge is 2.36. The van der Waals surface area contributed by atoms with Gasteiger partial charge in [-0.05, 0) is 109 Å². The van der Waals surface area contributed by atoms with Crippen molar-refractivity contribution in [1.29, 1.82) is 0 Å². The van der Waals surface area contributed by atoms with Gasteiger partial charge in [0.05, 0.1) is 11.0 Å². The summed E-state index contributed by atoms with van der Waals surface area (Å²) in [6.07, 6.45) is 0.911. The molecule has 0 radical (unpaired) electrons. The van der Waals surface area contributed by atoms with E-state index in [-0.39, 0.29) is 11.3 Å². The average molecular weight is 768 g/mol. The lowest BCUT2D eigenvalue weighted by molar-refractivity contribution is 0.658. The third-order valence-electron chi connectivity index (χ3n) is 13.0. The smallest absolute Gasteiger partial charge is 0.0547 e. The Labute approximate surface area is 352 Å². The summed E-state index contributed by atoms with van der Waals surface area (Å²) >= 11 is 0. The summed E-state index contributed by atoms with van der Waals surface area (Å²) in [6, 6.07) is 80.7. The van der Waals surface area contributed by atoms with Crippen molar-refractivity contribution < 1.29 is 0 Å². The molecule has 11 rings (SSSR count). The minimum atomic E-state index is -0.160. The number of hydrogen-bond acceptors (Lipinski definition) is 0. The van der Waals surface area contributed by atoms with Crippen LogP contribution >= 0.6 is 0 Å². The number of para-hydroxylation sites is 2. The van der Waals surface area contributed by atoms with E-state index in [1.807, 2.05) is 0 Å². The SMILES string of the molecule is CC1(C)c2cc(CC(c3ccc(-c4ccccc4)cc3)c3ccc(-c4ccccc4)cc3)ccc2-c2ccc(-c3cccc4c3c3ccccc3n4-c3ccccc3)cc21. The number of hydrogen-bond donors (Lipinski definition) is 0. The van der Waals surface area contributed by atoms with Crippen LogP contribution in [0.4, 0.5) is 0 Å². The van der Waals surface area contributed by atoms with Gasteiger partial charge in [-0.15, -0.1) is 0 Å². The van der Waals surface area contributed by atoms with Crippen molar-refractivity contribution in [3.05, 3.63) is 246 Å². The molecule has 10 aromatic rings. The van der Waals surface area contributed by atoms with Gasteiger partial charge >= 0.3 is 0 Å². The topological polar surface area (TPSA) is 4.93 Å². The van der Waals surface area contributed by atoms with E-state index < -0.39 is 0 Å². The lowest BCUT2D eigenvalue weighted by Crippen LogP contribution is -2.15. The zero-order valence-electron chi connectivity index (χ0n) is 34.0. The molecule has 9 aromatic carbocycles. The highest BCUT2D eigenvalue weighted by Crippen LogP contribution is 2.51. The molecule has 0 saturated heterocycles. The molecule has 286 valence electrons. The normalized spacial score (nSPS) is 12.8. The fourth-order valence-electron chi connectivity index (χ4n) is 9.94. The van der Waals surface area contributed by atoms with Crippen LogP contribution in [-0.4, -0.2) is 4.57 Å². The van der Waals surface area contributed by atoms with Gasteiger partial charge in [0.1, 0.15) is 0 Å². The number of nitrogens with zero attached hydrogens (tertiary/aromatic N) is 1. The predicted molar refractivity (Wildman–Crippen MR) is 253 cm³/mol. The van der Waals surface area contributed by atoms with E-state index in [2.05, 4.69) is 237 Å². The van der Waals surface area contributed by atoms with Gasteiger partial charge in [0.15, 0.2) is 0 Å². The van der Waals surface area contributed by atoms with Crippen LogP contribution in [0.1, 0.15) is 47.6 Å². The Morgan fingerprint density at radius 1 is 0.400 bits per heavy atom. The van der Waals surface area contributed by atoms with Crippen molar-refractivity contribution in [2.75, 3.05) is 0 Å². The van der Waals surface area contributed by atoms with Crippen LogP contribution in [0.2, 0.25) is 0 Å². The molecular weight excluding hydrogens is 723 g/mol. The summed E-state index contributed by atoms with van der Waals surface area (Å²) in [7, 11) is 0. The van der Waals surface area contributed by atoms with Gasteiger partial charge in [-0.2, -0.15) is 0 Å². The third kappa shape index (κ3) is 6.09. The van der Waals surface area contributed by atoms with Crippen LogP contribution in [0.3, 0.4) is 0 Å². The second kappa shape index (κ2) is 14.6. The zero-order chi connectivity index (χ0) is 40.2. The first kappa shape index (κ1) is 35.9. The maximum Gasteiger partial charge on any atom is 0.0547 e. The first-order valence-electron chi connectivity index (χ1n) is 21.2. The molecule has 60 heavy (non-hydrogen) atoms. The van der Waals surface area contributed by atoms with Crippen molar-refractivity contribution in [3.63, 3.8) is 0 Å². The summed E-state index contributed by atoms with van der Waals surface area (Å²) in [4.78, 5) is 0. The second-order valence-electron chi connectivity index (χ2n) is 16.9. The number of fused-ring (bicyclic) bond motifs is 6. The van der Waals surface area contributed by atoms with Crippen molar-refractivity contribution in [3.8, 4) is 50.2 Å². The Kier molecular flexibility index (Phi) is 8.71. The average Bonchev–Trinajstić information content (AvgIpc) is 3.77. The van der Waals surface area contributed by atoms with Gasteiger partial charge in [0, 0.05) is 27.8 Å². The predicted octanol–water partition coefficient (Wildman–Crippen LogP) is 15.5. The number of aromatic nitrogens is 1. The fourth-order valence-corrected chi connectivity index (χ4v) is 9.94. The molecule has 0 bridgehead atoms.